The third-order valence-corrected chi connectivity index (χ3v) is 3.84. The van der Waals surface area contributed by atoms with Crippen LogP contribution in [0.2, 0.25) is 0 Å². The number of amides is 1. The van der Waals surface area contributed by atoms with E-state index in [1.807, 2.05) is 0 Å². The van der Waals surface area contributed by atoms with Crippen LogP contribution in [0, 0.1) is 10.1 Å². The normalized spacial score (nSPS) is 17.7. The Balaban J connectivity index is 2.17. The molecule has 0 radical (unpaired) electrons. The van der Waals surface area contributed by atoms with Crippen LogP contribution in [-0.4, -0.2) is 32.4 Å². The molecule has 0 atom stereocenters. The highest BCUT2D eigenvalue weighted by Gasteiger charge is 2.40. The number of aliphatic carboxylic acids is 1. The van der Waals surface area contributed by atoms with Crippen molar-refractivity contribution < 1.29 is 19.6 Å². The third-order valence-electron chi connectivity index (χ3n) is 3.84. The van der Waals surface area contributed by atoms with Crippen LogP contribution in [0.3, 0.4) is 0 Å². The van der Waals surface area contributed by atoms with E-state index in [9.17, 15) is 24.8 Å². The maximum Gasteiger partial charge on any atom is 0.329 e. The zero-order valence-corrected chi connectivity index (χ0v) is 11.4. The summed E-state index contributed by atoms with van der Waals surface area (Å²) in [5.41, 5.74) is -1.52. The summed E-state index contributed by atoms with van der Waals surface area (Å²) in [5, 5.41) is 22.6. The second-order valence-corrected chi connectivity index (χ2v) is 5.28. The number of hydrogen-bond acceptors (Lipinski definition) is 4. The quantitative estimate of drug-likeness (QED) is 0.444. The van der Waals surface area contributed by atoms with Crippen molar-refractivity contribution in [3.8, 4) is 0 Å². The summed E-state index contributed by atoms with van der Waals surface area (Å²) >= 11 is 0. The average Bonchev–Trinajstić information content (AvgIpc) is 2.81. The second-order valence-electron chi connectivity index (χ2n) is 5.28. The molecule has 0 bridgehead atoms. The lowest BCUT2D eigenvalue weighted by Gasteiger charge is -2.29. The van der Waals surface area contributed by atoms with E-state index >= 15 is 0 Å². The molecule has 3 N–H and O–H groups in total. The van der Waals surface area contributed by atoms with Gasteiger partial charge >= 0.3 is 5.97 Å². The van der Waals surface area contributed by atoms with E-state index in [0.717, 1.165) is 37.9 Å². The summed E-state index contributed by atoms with van der Waals surface area (Å²) in [6.45, 7) is 0. The van der Waals surface area contributed by atoms with E-state index in [0.29, 0.717) is 12.8 Å². The predicted molar refractivity (Wildman–Crippen MR) is 73.0 cm³/mol. The van der Waals surface area contributed by atoms with Gasteiger partial charge in [0.1, 0.15) is 11.2 Å². The molecule has 0 saturated heterocycles. The minimum Gasteiger partial charge on any atom is -0.480 e. The van der Waals surface area contributed by atoms with Gasteiger partial charge in [-0.15, -0.1) is 0 Å². The summed E-state index contributed by atoms with van der Waals surface area (Å²) in [4.78, 5) is 36.2. The molecule has 1 aliphatic carbocycles. The van der Waals surface area contributed by atoms with E-state index in [4.69, 9.17) is 0 Å². The Morgan fingerprint density at radius 1 is 1.29 bits per heavy atom. The van der Waals surface area contributed by atoms with Crippen LogP contribution in [0.1, 0.15) is 49.0 Å². The number of aromatic amines is 1. The Labute approximate surface area is 120 Å². The molecule has 8 nitrogen and oxygen atoms in total. The van der Waals surface area contributed by atoms with Gasteiger partial charge < -0.3 is 15.4 Å². The Kier molecular flexibility index (Phi) is 4.25. The molecular weight excluding hydrogens is 278 g/mol. The summed E-state index contributed by atoms with van der Waals surface area (Å²) < 4.78 is 0. The van der Waals surface area contributed by atoms with Crippen LogP contribution in [0.5, 0.6) is 0 Å². The molecule has 1 aromatic rings. The van der Waals surface area contributed by atoms with Gasteiger partial charge in [0.15, 0.2) is 0 Å². The number of nitrogens with one attached hydrogen (secondary N) is 2. The van der Waals surface area contributed by atoms with Gasteiger partial charge in [-0.25, -0.2) is 4.79 Å². The maximum atomic E-state index is 12.1. The number of hydrogen-bond donors (Lipinski definition) is 3. The van der Waals surface area contributed by atoms with Gasteiger partial charge in [0.05, 0.1) is 11.1 Å². The third kappa shape index (κ3) is 3.21. The predicted octanol–water partition coefficient (Wildman–Crippen LogP) is 1.83. The van der Waals surface area contributed by atoms with Crippen LogP contribution < -0.4 is 5.32 Å². The first kappa shape index (κ1) is 15.0. The van der Waals surface area contributed by atoms with Crippen LogP contribution in [-0.2, 0) is 4.79 Å². The number of H-pyrrole nitrogens is 1. The molecule has 1 heterocycles. The lowest BCUT2D eigenvalue weighted by molar-refractivity contribution is -0.384. The van der Waals surface area contributed by atoms with E-state index < -0.39 is 22.3 Å². The molecule has 1 aliphatic rings. The topological polar surface area (TPSA) is 125 Å². The van der Waals surface area contributed by atoms with Crippen LogP contribution >= 0.6 is 0 Å². The number of carboxylic acids is 1. The molecule has 1 aromatic heterocycles. The molecule has 0 aromatic carbocycles. The SMILES string of the molecule is O=C(NC1(C(=O)O)CCCCCC1)c1cc([N+](=O)[O-])c[nH]1. The average molecular weight is 295 g/mol. The zero-order valence-electron chi connectivity index (χ0n) is 11.4. The second kappa shape index (κ2) is 5.94. The lowest BCUT2D eigenvalue weighted by Crippen LogP contribution is -2.54. The molecule has 2 rings (SSSR count). The van der Waals surface area contributed by atoms with Crippen molar-refractivity contribution in [2.45, 2.75) is 44.1 Å². The monoisotopic (exact) mass is 295 g/mol. The molecule has 0 aliphatic heterocycles. The number of carbonyl (C=O) groups is 2. The highest BCUT2D eigenvalue weighted by molar-refractivity contribution is 5.97. The van der Waals surface area contributed by atoms with Gasteiger partial charge in [0.25, 0.3) is 11.6 Å². The highest BCUT2D eigenvalue weighted by Crippen LogP contribution is 2.28. The molecule has 21 heavy (non-hydrogen) atoms. The van der Waals surface area contributed by atoms with Crippen LogP contribution in [0.25, 0.3) is 0 Å². The van der Waals surface area contributed by atoms with Crippen molar-refractivity contribution in [3.05, 3.63) is 28.1 Å². The van der Waals surface area contributed by atoms with Gasteiger partial charge in [-0.05, 0) is 12.8 Å². The lowest BCUT2D eigenvalue weighted by atomic mass is 9.90. The Morgan fingerprint density at radius 3 is 2.38 bits per heavy atom. The molecule has 1 amide bonds. The van der Waals surface area contributed by atoms with E-state index in [1.54, 1.807) is 0 Å². The fourth-order valence-corrected chi connectivity index (χ4v) is 2.63. The number of carboxylic acid groups (broad SMARTS) is 1. The van der Waals surface area contributed by atoms with Crippen molar-refractivity contribution in [3.63, 3.8) is 0 Å². The summed E-state index contributed by atoms with van der Waals surface area (Å²) in [5.74, 6) is -1.69. The molecule has 0 unspecified atom stereocenters. The minimum atomic E-state index is -1.28. The highest BCUT2D eigenvalue weighted by atomic mass is 16.6. The molecule has 1 fully saturated rings. The first-order valence-corrected chi connectivity index (χ1v) is 6.83. The maximum absolute atomic E-state index is 12.1. The summed E-state index contributed by atoms with van der Waals surface area (Å²) in [7, 11) is 0. The smallest absolute Gasteiger partial charge is 0.329 e. The van der Waals surface area contributed by atoms with E-state index in [1.165, 1.54) is 0 Å². The fraction of sp³-hybridized carbons (Fsp3) is 0.538. The van der Waals surface area contributed by atoms with Gasteiger partial charge in [-0.2, -0.15) is 0 Å². The Morgan fingerprint density at radius 2 is 1.90 bits per heavy atom. The van der Waals surface area contributed by atoms with Crippen molar-refractivity contribution >= 4 is 17.6 Å². The van der Waals surface area contributed by atoms with Crippen LogP contribution in [0.4, 0.5) is 5.69 Å². The summed E-state index contributed by atoms with van der Waals surface area (Å²) in [6, 6.07) is 1.10. The van der Waals surface area contributed by atoms with Crippen molar-refractivity contribution in [2.75, 3.05) is 0 Å². The summed E-state index contributed by atoms with van der Waals surface area (Å²) in [6.07, 6.45) is 5.20. The van der Waals surface area contributed by atoms with E-state index in [-0.39, 0.29) is 11.4 Å². The zero-order chi connectivity index (χ0) is 15.5. The number of nitrogens with zero attached hydrogens (tertiary/aromatic N) is 1. The fourth-order valence-electron chi connectivity index (χ4n) is 2.63. The Hall–Kier alpha value is -2.38. The standard InChI is InChI=1S/C13H17N3O5/c17-11(10-7-9(8-14-10)16(20)21)15-13(12(18)19)5-3-1-2-4-6-13/h7-8,14H,1-6H2,(H,15,17)(H,18,19). The van der Waals surface area contributed by atoms with Crippen molar-refractivity contribution in [1.82, 2.24) is 10.3 Å². The first-order valence-electron chi connectivity index (χ1n) is 6.83. The van der Waals surface area contributed by atoms with Crippen molar-refractivity contribution in [1.29, 1.82) is 0 Å². The number of carbonyl (C=O) groups excluding carboxylic acids is 1. The van der Waals surface area contributed by atoms with Gasteiger partial charge in [-0.1, -0.05) is 25.7 Å². The van der Waals surface area contributed by atoms with Gasteiger partial charge in [0.2, 0.25) is 0 Å². The first-order chi connectivity index (χ1) is 9.94. The Bertz CT molecular complexity index is 558. The van der Waals surface area contributed by atoms with Crippen LogP contribution in [0.15, 0.2) is 12.3 Å². The number of nitro groups is 1. The minimum absolute atomic E-state index is 0.00780. The molecule has 0 spiro atoms. The van der Waals surface area contributed by atoms with E-state index in [2.05, 4.69) is 10.3 Å². The molecule has 114 valence electrons. The number of aromatic nitrogens is 1. The van der Waals surface area contributed by atoms with Gasteiger partial charge in [0, 0.05) is 6.07 Å². The van der Waals surface area contributed by atoms with Crippen molar-refractivity contribution in [2.24, 2.45) is 0 Å². The largest absolute Gasteiger partial charge is 0.480 e. The van der Waals surface area contributed by atoms with Gasteiger partial charge in [-0.3, -0.25) is 14.9 Å². The molecule has 1 saturated carbocycles. The molecule has 8 heteroatoms. The number of rotatable bonds is 4. The molecular formula is C13H17N3O5.